The van der Waals surface area contributed by atoms with Crippen LogP contribution in [-0.2, 0) is 0 Å². The quantitative estimate of drug-likeness (QED) is 0.323. The van der Waals surface area contributed by atoms with Gasteiger partial charge in [-0.05, 0) is 6.16 Å². The Morgan fingerprint density at radius 1 is 0.750 bits per heavy atom. The van der Waals surface area contributed by atoms with Crippen molar-refractivity contribution in [2.45, 2.75) is 0 Å². The summed E-state index contributed by atoms with van der Waals surface area (Å²) in [5.74, 6) is 0. The third kappa shape index (κ3) is 4540. The Hall–Kier alpha value is 0.786. The minimum Gasteiger partial charge on any atom is -0.870 e. The number of quaternary nitrogens is 2. The second-order valence-corrected chi connectivity index (χ2v) is 5.62. The molecule has 1 N–H and O–H groups in total. The van der Waals surface area contributed by atoms with E-state index < -0.39 is 6.16 Å². The standard InChI is InChI=1S/2C4H12N.CH2O3.K.H2O/c2*1-5(2,3)4;2-1(3)4;;/h2*1-4H3;(H2,2,3,4);;1H2/q2*+1;;+1;/p-3. The van der Waals surface area contributed by atoms with E-state index in [0.717, 1.165) is 8.97 Å². The molecule has 0 heterocycles. The summed E-state index contributed by atoms with van der Waals surface area (Å²) in [6.45, 7) is 0. The topological polar surface area (TPSA) is 93.2 Å². The van der Waals surface area contributed by atoms with Crippen LogP contribution < -0.4 is 61.6 Å². The first-order valence-corrected chi connectivity index (χ1v) is 4.19. The molecule has 0 aliphatic carbocycles. The minimum absolute atomic E-state index is 0. The first kappa shape index (κ1) is 30.1. The number of carbonyl (C=O) groups excluding carboxylic acids is 1. The molecule has 0 saturated heterocycles. The van der Waals surface area contributed by atoms with Gasteiger partial charge in [-0.1, -0.05) is 0 Å². The maximum absolute atomic E-state index is 8.33. The first-order chi connectivity index (χ1) is 5.73. The monoisotopic (exact) mass is 264 g/mol. The van der Waals surface area contributed by atoms with Gasteiger partial charge in [-0.15, -0.1) is 0 Å². The van der Waals surface area contributed by atoms with E-state index >= 15 is 0 Å². The van der Waals surface area contributed by atoms with E-state index in [4.69, 9.17) is 15.0 Å². The molecule has 0 rings (SSSR count). The molecule has 0 aromatic heterocycles. The number of nitrogens with zero attached hydrogens (tertiary/aromatic N) is 2. The van der Waals surface area contributed by atoms with Gasteiger partial charge in [-0.3, -0.25) is 0 Å². The van der Waals surface area contributed by atoms with Crippen LogP contribution in [0.3, 0.4) is 0 Å². The number of carbonyl (C=O) groups is 1. The van der Waals surface area contributed by atoms with Gasteiger partial charge in [0.15, 0.2) is 0 Å². The second-order valence-electron chi connectivity index (χ2n) is 5.62. The fourth-order valence-corrected chi connectivity index (χ4v) is 0. The Labute approximate surface area is 142 Å². The molecule has 0 atom stereocenters. The third-order valence-electron chi connectivity index (χ3n) is 0. The van der Waals surface area contributed by atoms with Crippen molar-refractivity contribution in [1.29, 1.82) is 0 Å². The molecule has 0 radical (unpaired) electrons. The number of hydrogen-bond donors (Lipinski definition) is 0. The predicted molar refractivity (Wildman–Crippen MR) is 55.2 cm³/mol. The van der Waals surface area contributed by atoms with Crippen LogP contribution in [0.15, 0.2) is 0 Å². The number of hydrogen-bond acceptors (Lipinski definition) is 4. The summed E-state index contributed by atoms with van der Waals surface area (Å²) >= 11 is 0. The van der Waals surface area contributed by atoms with Crippen LogP contribution in [0, 0.1) is 0 Å². The molecule has 0 amide bonds. The zero-order chi connectivity index (χ0) is 12.6. The largest absolute Gasteiger partial charge is 1.00 e. The zero-order valence-electron chi connectivity index (χ0n) is 12.1. The SMILES string of the molecule is C[N+](C)(C)C.C[N+](C)(C)C.O=C([O-])[O-].[K+].[OH-]. The van der Waals surface area contributed by atoms with E-state index in [1.165, 1.54) is 0 Å². The summed E-state index contributed by atoms with van der Waals surface area (Å²) in [6.07, 6.45) is -2.33. The van der Waals surface area contributed by atoms with E-state index in [-0.39, 0.29) is 56.9 Å². The summed E-state index contributed by atoms with van der Waals surface area (Å²) in [5, 5.41) is 16.7. The molecule has 0 spiro atoms. The summed E-state index contributed by atoms with van der Waals surface area (Å²) < 4.78 is 2.00. The molecule has 0 aromatic carbocycles. The molecular weight excluding hydrogens is 239 g/mol. The van der Waals surface area contributed by atoms with Crippen LogP contribution in [0.2, 0.25) is 0 Å². The molecule has 0 aliphatic heterocycles. The van der Waals surface area contributed by atoms with Crippen molar-refractivity contribution in [1.82, 2.24) is 0 Å². The Morgan fingerprint density at radius 2 is 0.750 bits per heavy atom. The fourth-order valence-electron chi connectivity index (χ4n) is 0. The maximum Gasteiger partial charge on any atom is 1.00 e. The average molecular weight is 264 g/mol. The molecule has 7 heteroatoms. The third-order valence-corrected chi connectivity index (χ3v) is 0. The molecule has 0 bridgehead atoms. The van der Waals surface area contributed by atoms with Gasteiger partial charge in [0.25, 0.3) is 0 Å². The van der Waals surface area contributed by atoms with Crippen molar-refractivity contribution in [2.24, 2.45) is 0 Å². The number of rotatable bonds is 0. The van der Waals surface area contributed by atoms with Crippen LogP contribution in [0.1, 0.15) is 0 Å². The molecule has 6 nitrogen and oxygen atoms in total. The molecular formula is C9H25KN2O4. The van der Waals surface area contributed by atoms with Crippen molar-refractivity contribution in [3.63, 3.8) is 0 Å². The van der Waals surface area contributed by atoms with Gasteiger partial charge in [0.05, 0.1) is 56.4 Å². The van der Waals surface area contributed by atoms with Gasteiger partial charge in [-0.2, -0.15) is 0 Å². The Morgan fingerprint density at radius 3 is 0.750 bits per heavy atom. The van der Waals surface area contributed by atoms with Crippen LogP contribution in [0.4, 0.5) is 4.79 Å². The molecule has 0 aliphatic rings. The number of carboxylic acid groups (broad SMARTS) is 2. The van der Waals surface area contributed by atoms with Crippen molar-refractivity contribution in [2.75, 3.05) is 56.4 Å². The van der Waals surface area contributed by atoms with Gasteiger partial charge < -0.3 is 29.4 Å². The summed E-state index contributed by atoms with van der Waals surface area (Å²) in [5.41, 5.74) is 0. The molecule has 96 valence electrons. The van der Waals surface area contributed by atoms with Crippen LogP contribution in [-0.4, -0.2) is 77.0 Å². The first-order valence-electron chi connectivity index (χ1n) is 4.19. The maximum atomic E-state index is 8.33. The van der Waals surface area contributed by atoms with Crippen LogP contribution in [0.5, 0.6) is 0 Å². The van der Waals surface area contributed by atoms with Crippen LogP contribution >= 0.6 is 0 Å². The fraction of sp³-hybridized carbons (Fsp3) is 0.889. The normalized spacial score (nSPS) is 9.00. The second kappa shape index (κ2) is 13.8. The van der Waals surface area contributed by atoms with E-state index in [9.17, 15) is 0 Å². The smallest absolute Gasteiger partial charge is 0.870 e. The summed E-state index contributed by atoms with van der Waals surface area (Å²) in [6, 6.07) is 0. The molecule has 0 aromatic rings. The van der Waals surface area contributed by atoms with Gasteiger partial charge >= 0.3 is 51.4 Å². The predicted octanol–water partition coefficient (Wildman–Crippen LogP) is -4.97. The molecule has 0 unspecified atom stereocenters. The van der Waals surface area contributed by atoms with Crippen molar-refractivity contribution < 1.29 is 80.8 Å². The van der Waals surface area contributed by atoms with Gasteiger partial charge in [0, 0.05) is 0 Å². The van der Waals surface area contributed by atoms with Gasteiger partial charge in [0.1, 0.15) is 0 Å². The minimum atomic E-state index is -2.33. The van der Waals surface area contributed by atoms with Crippen molar-refractivity contribution >= 4 is 6.16 Å². The van der Waals surface area contributed by atoms with Crippen molar-refractivity contribution in [3.05, 3.63) is 0 Å². The van der Waals surface area contributed by atoms with Crippen LogP contribution in [0.25, 0.3) is 0 Å². The molecule has 16 heavy (non-hydrogen) atoms. The Kier molecular flexibility index (Phi) is 26.1. The van der Waals surface area contributed by atoms with Crippen molar-refractivity contribution in [3.8, 4) is 0 Å². The Bertz CT molecular complexity index is 125. The Balaban J connectivity index is -0.0000000358. The van der Waals surface area contributed by atoms with Gasteiger partial charge in [-0.25, -0.2) is 0 Å². The van der Waals surface area contributed by atoms with Gasteiger partial charge in [0.2, 0.25) is 0 Å². The van der Waals surface area contributed by atoms with E-state index in [1.807, 2.05) is 0 Å². The summed E-state index contributed by atoms with van der Waals surface area (Å²) in [4.78, 5) is 8.33. The molecule has 0 fully saturated rings. The average Bonchev–Trinajstić information content (AvgIpc) is 1.45. The molecule has 0 saturated carbocycles. The summed E-state index contributed by atoms with van der Waals surface area (Å²) in [7, 11) is 17.0. The zero-order valence-corrected chi connectivity index (χ0v) is 15.2. The van der Waals surface area contributed by atoms with E-state index in [2.05, 4.69) is 56.4 Å². The van der Waals surface area contributed by atoms with E-state index in [0.29, 0.717) is 0 Å². The van der Waals surface area contributed by atoms with E-state index in [1.54, 1.807) is 0 Å².